The van der Waals surface area contributed by atoms with Gasteiger partial charge in [0.25, 0.3) is 0 Å². The molecule has 0 aliphatic rings. The number of hydrogen-bond donors (Lipinski definition) is 0. The first kappa shape index (κ1) is 11.4. The van der Waals surface area contributed by atoms with Crippen LogP contribution in [0.1, 0.15) is 32.3 Å². The molecule has 1 rings (SSSR count). The Labute approximate surface area is 91.4 Å². The van der Waals surface area contributed by atoms with E-state index in [2.05, 4.69) is 57.4 Å². The first-order valence-electron chi connectivity index (χ1n) is 4.96. The molecule has 14 heavy (non-hydrogen) atoms. The van der Waals surface area contributed by atoms with Gasteiger partial charge in [0.15, 0.2) is 0 Å². The van der Waals surface area contributed by atoms with Gasteiger partial charge >= 0.3 is 0 Å². The molecule has 0 spiro atoms. The number of benzene rings is 1. The first-order chi connectivity index (χ1) is 6.70. The van der Waals surface area contributed by atoms with Gasteiger partial charge in [0.05, 0.1) is 0 Å². The number of rotatable bonds is 3. The second kappa shape index (κ2) is 5.26. The largest absolute Gasteiger partial charge is 0.129 e. The SMILES string of the molecule is C/C=C(/C)C(C)c1ccccc1SC. The fourth-order valence-electron chi connectivity index (χ4n) is 1.52. The van der Waals surface area contributed by atoms with Gasteiger partial charge in [-0.1, -0.05) is 36.8 Å². The van der Waals surface area contributed by atoms with Crippen molar-refractivity contribution >= 4 is 11.8 Å². The standard InChI is InChI=1S/C13H18S/c1-5-10(2)11(3)12-8-6-7-9-13(12)14-4/h5-9,11H,1-4H3/b10-5-. The highest BCUT2D eigenvalue weighted by atomic mass is 32.2. The van der Waals surface area contributed by atoms with Crippen molar-refractivity contribution in [2.24, 2.45) is 0 Å². The zero-order valence-corrected chi connectivity index (χ0v) is 10.2. The molecule has 1 unspecified atom stereocenters. The monoisotopic (exact) mass is 206 g/mol. The predicted octanol–water partition coefficient (Wildman–Crippen LogP) is 4.48. The fraction of sp³-hybridized carbons (Fsp3) is 0.385. The molecular formula is C13H18S. The highest BCUT2D eigenvalue weighted by Crippen LogP contribution is 2.30. The summed E-state index contributed by atoms with van der Waals surface area (Å²) in [6, 6.07) is 8.64. The molecule has 0 aliphatic carbocycles. The number of thioether (sulfide) groups is 1. The Balaban J connectivity index is 3.05. The second-order valence-electron chi connectivity index (χ2n) is 3.50. The normalized spacial score (nSPS) is 14.1. The summed E-state index contributed by atoms with van der Waals surface area (Å²) in [5.41, 5.74) is 2.88. The van der Waals surface area contributed by atoms with Gasteiger partial charge in [-0.3, -0.25) is 0 Å². The maximum atomic E-state index is 2.27. The summed E-state index contributed by atoms with van der Waals surface area (Å²) in [6.07, 6.45) is 4.33. The molecule has 0 nitrogen and oxygen atoms in total. The van der Waals surface area contributed by atoms with Crippen molar-refractivity contribution < 1.29 is 0 Å². The first-order valence-corrected chi connectivity index (χ1v) is 6.19. The van der Waals surface area contributed by atoms with E-state index >= 15 is 0 Å². The van der Waals surface area contributed by atoms with Crippen molar-refractivity contribution in [2.45, 2.75) is 31.6 Å². The molecule has 0 bridgehead atoms. The van der Waals surface area contributed by atoms with Gasteiger partial charge in [-0.05, 0) is 31.7 Å². The average Bonchev–Trinajstić information content (AvgIpc) is 2.26. The molecule has 0 saturated heterocycles. The minimum absolute atomic E-state index is 0.531. The molecular weight excluding hydrogens is 188 g/mol. The van der Waals surface area contributed by atoms with Gasteiger partial charge in [0, 0.05) is 10.8 Å². The maximum Gasteiger partial charge on any atom is 0.0107 e. The van der Waals surface area contributed by atoms with Gasteiger partial charge in [-0.15, -0.1) is 11.8 Å². The summed E-state index contributed by atoms with van der Waals surface area (Å²) in [5.74, 6) is 0.531. The molecule has 76 valence electrons. The molecule has 0 radical (unpaired) electrons. The molecule has 0 amide bonds. The highest BCUT2D eigenvalue weighted by Gasteiger charge is 2.10. The molecule has 0 heterocycles. The van der Waals surface area contributed by atoms with Crippen LogP contribution >= 0.6 is 11.8 Å². The molecule has 1 aromatic rings. The third-order valence-corrected chi connectivity index (χ3v) is 3.56. The Bertz CT molecular complexity index is 326. The fourth-order valence-corrected chi connectivity index (χ4v) is 2.21. The van der Waals surface area contributed by atoms with E-state index in [1.807, 2.05) is 11.8 Å². The van der Waals surface area contributed by atoms with Gasteiger partial charge in [-0.2, -0.15) is 0 Å². The van der Waals surface area contributed by atoms with E-state index in [4.69, 9.17) is 0 Å². The summed E-state index contributed by atoms with van der Waals surface area (Å²) >= 11 is 1.82. The van der Waals surface area contributed by atoms with Crippen LogP contribution in [0.3, 0.4) is 0 Å². The summed E-state index contributed by atoms with van der Waals surface area (Å²) in [7, 11) is 0. The van der Waals surface area contributed by atoms with Crippen LogP contribution in [0, 0.1) is 0 Å². The predicted molar refractivity (Wildman–Crippen MR) is 66.1 cm³/mol. The third-order valence-electron chi connectivity index (χ3n) is 2.74. The highest BCUT2D eigenvalue weighted by molar-refractivity contribution is 7.98. The summed E-state index contributed by atoms with van der Waals surface area (Å²) in [4.78, 5) is 1.39. The summed E-state index contributed by atoms with van der Waals surface area (Å²) in [5, 5.41) is 0. The minimum Gasteiger partial charge on any atom is -0.129 e. The van der Waals surface area contributed by atoms with E-state index in [1.165, 1.54) is 16.0 Å². The molecule has 0 aromatic heterocycles. The summed E-state index contributed by atoms with van der Waals surface area (Å²) < 4.78 is 0. The Kier molecular flexibility index (Phi) is 4.27. The second-order valence-corrected chi connectivity index (χ2v) is 4.34. The van der Waals surface area contributed by atoms with Gasteiger partial charge in [0.1, 0.15) is 0 Å². The topological polar surface area (TPSA) is 0 Å². The average molecular weight is 206 g/mol. The van der Waals surface area contributed by atoms with Gasteiger partial charge in [-0.25, -0.2) is 0 Å². The lowest BCUT2D eigenvalue weighted by molar-refractivity contribution is 0.866. The van der Waals surface area contributed by atoms with E-state index in [0.717, 1.165) is 0 Å². The molecule has 0 aliphatic heterocycles. The van der Waals surface area contributed by atoms with Crippen LogP contribution in [0.5, 0.6) is 0 Å². The summed E-state index contributed by atoms with van der Waals surface area (Å²) in [6.45, 7) is 6.57. The van der Waals surface area contributed by atoms with Crippen LogP contribution < -0.4 is 0 Å². The zero-order valence-electron chi connectivity index (χ0n) is 9.37. The quantitative estimate of drug-likeness (QED) is 0.519. The molecule has 0 fully saturated rings. The maximum absolute atomic E-state index is 2.27. The Morgan fingerprint density at radius 3 is 2.57 bits per heavy atom. The van der Waals surface area contributed by atoms with Crippen molar-refractivity contribution in [2.75, 3.05) is 6.26 Å². The van der Waals surface area contributed by atoms with Crippen molar-refractivity contribution in [3.63, 3.8) is 0 Å². The molecule has 1 atom stereocenters. The van der Waals surface area contributed by atoms with Crippen LogP contribution in [0.2, 0.25) is 0 Å². The van der Waals surface area contributed by atoms with Crippen molar-refractivity contribution in [3.05, 3.63) is 41.5 Å². The minimum atomic E-state index is 0.531. The van der Waals surface area contributed by atoms with Crippen LogP contribution in [0.4, 0.5) is 0 Å². The lowest BCUT2D eigenvalue weighted by Crippen LogP contribution is -1.96. The molecule has 0 saturated carbocycles. The van der Waals surface area contributed by atoms with Gasteiger partial charge < -0.3 is 0 Å². The Morgan fingerprint density at radius 1 is 1.36 bits per heavy atom. The molecule has 1 aromatic carbocycles. The van der Waals surface area contributed by atoms with Crippen molar-refractivity contribution in [1.82, 2.24) is 0 Å². The number of hydrogen-bond acceptors (Lipinski definition) is 1. The van der Waals surface area contributed by atoms with E-state index in [-0.39, 0.29) is 0 Å². The van der Waals surface area contributed by atoms with Crippen LogP contribution in [-0.4, -0.2) is 6.26 Å². The van der Waals surface area contributed by atoms with E-state index < -0.39 is 0 Å². The third kappa shape index (κ3) is 2.42. The van der Waals surface area contributed by atoms with E-state index in [9.17, 15) is 0 Å². The van der Waals surface area contributed by atoms with Crippen LogP contribution in [0.25, 0.3) is 0 Å². The van der Waals surface area contributed by atoms with Gasteiger partial charge in [0.2, 0.25) is 0 Å². The van der Waals surface area contributed by atoms with Crippen LogP contribution in [0.15, 0.2) is 40.8 Å². The van der Waals surface area contributed by atoms with Crippen molar-refractivity contribution in [1.29, 1.82) is 0 Å². The zero-order chi connectivity index (χ0) is 10.6. The smallest absolute Gasteiger partial charge is 0.0107 e. The Hall–Kier alpha value is -0.690. The lowest BCUT2D eigenvalue weighted by atomic mass is 9.94. The lowest BCUT2D eigenvalue weighted by Gasteiger charge is -2.15. The van der Waals surface area contributed by atoms with E-state index in [1.54, 1.807) is 0 Å². The van der Waals surface area contributed by atoms with E-state index in [0.29, 0.717) is 5.92 Å². The Morgan fingerprint density at radius 2 is 2.00 bits per heavy atom. The molecule has 1 heteroatoms. The molecule has 0 N–H and O–H groups in total. The van der Waals surface area contributed by atoms with Crippen molar-refractivity contribution in [3.8, 4) is 0 Å². The number of allylic oxidation sites excluding steroid dienone is 2. The van der Waals surface area contributed by atoms with Crippen LogP contribution in [-0.2, 0) is 0 Å².